The molecule has 1 N–H and O–H groups in total. The summed E-state index contributed by atoms with van der Waals surface area (Å²) >= 11 is 0. The Bertz CT molecular complexity index is 655. The summed E-state index contributed by atoms with van der Waals surface area (Å²) in [6, 6.07) is 0.282. The third-order valence-electron chi connectivity index (χ3n) is 5.03. The van der Waals surface area contributed by atoms with Crippen LogP contribution in [-0.4, -0.2) is 40.9 Å². The molecule has 0 saturated heterocycles. The first-order valence-corrected chi connectivity index (χ1v) is 8.91. The molecule has 2 aliphatic rings. The predicted octanol–water partition coefficient (Wildman–Crippen LogP) is 3.12. The van der Waals surface area contributed by atoms with Crippen molar-refractivity contribution in [1.82, 2.24) is 4.90 Å². The lowest BCUT2D eigenvalue weighted by Crippen LogP contribution is -2.34. The second kappa shape index (κ2) is 6.36. The number of hydrogen-bond donors (Lipinski definition) is 1. The van der Waals surface area contributed by atoms with Crippen LogP contribution in [0, 0.1) is 12.3 Å². The van der Waals surface area contributed by atoms with E-state index >= 15 is 0 Å². The Morgan fingerprint density at radius 1 is 1.29 bits per heavy atom. The van der Waals surface area contributed by atoms with E-state index in [1.807, 2.05) is 11.8 Å². The Balaban J connectivity index is 1.86. The summed E-state index contributed by atoms with van der Waals surface area (Å²) in [6.07, 6.45) is 4.71. The Kier molecular flexibility index (Phi) is 4.56. The largest absolute Gasteiger partial charge is 0.455 e. The number of carbonyl (C=O) groups excluding carboxylic acids is 2. The van der Waals surface area contributed by atoms with E-state index in [1.165, 1.54) is 0 Å². The minimum atomic E-state index is -0.119. The highest BCUT2D eigenvalue weighted by atomic mass is 16.4. The highest BCUT2D eigenvalue weighted by Crippen LogP contribution is 2.39. The van der Waals surface area contributed by atoms with Crippen LogP contribution in [0.2, 0.25) is 0 Å². The van der Waals surface area contributed by atoms with Crippen molar-refractivity contribution in [3.8, 4) is 0 Å². The third-order valence-corrected chi connectivity index (χ3v) is 5.03. The van der Waals surface area contributed by atoms with Gasteiger partial charge in [-0.25, -0.2) is 0 Å². The van der Waals surface area contributed by atoms with Gasteiger partial charge in [-0.05, 0) is 38.0 Å². The van der Waals surface area contributed by atoms with E-state index in [1.54, 1.807) is 0 Å². The van der Waals surface area contributed by atoms with E-state index in [4.69, 9.17) is 9.52 Å². The smallest absolute Gasteiger partial charge is 0.290 e. The summed E-state index contributed by atoms with van der Waals surface area (Å²) in [7, 11) is 0. The molecule has 0 aliphatic heterocycles. The number of nitrogens with zero attached hydrogens (tertiary/aromatic N) is 1. The van der Waals surface area contributed by atoms with Crippen LogP contribution in [0.15, 0.2) is 4.42 Å². The van der Waals surface area contributed by atoms with E-state index in [0.29, 0.717) is 48.5 Å². The topological polar surface area (TPSA) is 70.8 Å². The second-order valence-electron chi connectivity index (χ2n) is 7.96. The molecule has 0 atom stereocenters. The zero-order valence-electron chi connectivity index (χ0n) is 14.9. The molecular weight excluding hydrogens is 306 g/mol. The molecule has 5 nitrogen and oxygen atoms in total. The molecule has 5 heteroatoms. The van der Waals surface area contributed by atoms with E-state index in [0.717, 1.165) is 19.3 Å². The fourth-order valence-electron chi connectivity index (χ4n) is 3.65. The first-order chi connectivity index (χ1) is 11.3. The average molecular weight is 333 g/mol. The van der Waals surface area contributed by atoms with Gasteiger partial charge in [0.1, 0.15) is 5.76 Å². The SMILES string of the molecule is Cc1c(C(=O)N(CCCCO)C2CC2)oc2c1C(=O)CC(C)(C)C2. The number of aliphatic hydroxyl groups excluding tert-OH is 1. The molecule has 1 amide bonds. The lowest BCUT2D eigenvalue weighted by atomic mass is 9.76. The number of hydrogen-bond acceptors (Lipinski definition) is 4. The summed E-state index contributed by atoms with van der Waals surface area (Å²) in [6.45, 7) is 6.71. The summed E-state index contributed by atoms with van der Waals surface area (Å²) in [4.78, 5) is 27.3. The Hall–Kier alpha value is -1.62. The van der Waals surface area contributed by atoms with Gasteiger partial charge in [-0.1, -0.05) is 13.8 Å². The van der Waals surface area contributed by atoms with Crippen molar-refractivity contribution < 1.29 is 19.1 Å². The molecule has 1 heterocycles. The monoisotopic (exact) mass is 333 g/mol. The highest BCUT2D eigenvalue weighted by Gasteiger charge is 2.40. The average Bonchev–Trinajstić information content (AvgIpc) is 3.26. The molecule has 132 valence electrons. The van der Waals surface area contributed by atoms with E-state index < -0.39 is 0 Å². The third kappa shape index (κ3) is 3.27. The zero-order chi connectivity index (χ0) is 17.5. The maximum atomic E-state index is 13.0. The molecule has 1 saturated carbocycles. The fraction of sp³-hybridized carbons (Fsp3) is 0.684. The van der Waals surface area contributed by atoms with Gasteiger partial charge in [-0.15, -0.1) is 0 Å². The molecule has 1 aromatic rings. The minimum absolute atomic E-state index is 0.0832. The van der Waals surface area contributed by atoms with Gasteiger partial charge in [-0.3, -0.25) is 9.59 Å². The first-order valence-electron chi connectivity index (χ1n) is 8.91. The summed E-state index contributed by atoms with van der Waals surface area (Å²) in [5, 5.41) is 8.96. The number of amides is 1. The first kappa shape index (κ1) is 17.2. The molecule has 0 aromatic carbocycles. The van der Waals surface area contributed by atoms with Crippen molar-refractivity contribution >= 4 is 11.7 Å². The Morgan fingerprint density at radius 2 is 2.00 bits per heavy atom. The van der Waals surface area contributed by atoms with Crippen LogP contribution in [0.4, 0.5) is 0 Å². The van der Waals surface area contributed by atoms with Crippen molar-refractivity contribution in [3.63, 3.8) is 0 Å². The van der Waals surface area contributed by atoms with Crippen LogP contribution < -0.4 is 0 Å². The van der Waals surface area contributed by atoms with Crippen LogP contribution in [0.3, 0.4) is 0 Å². The van der Waals surface area contributed by atoms with Crippen LogP contribution in [-0.2, 0) is 6.42 Å². The quantitative estimate of drug-likeness (QED) is 0.812. The van der Waals surface area contributed by atoms with Crippen LogP contribution in [0.1, 0.15) is 78.2 Å². The van der Waals surface area contributed by atoms with Gasteiger partial charge >= 0.3 is 0 Å². The van der Waals surface area contributed by atoms with Gasteiger partial charge in [-0.2, -0.15) is 0 Å². The number of rotatable bonds is 6. The van der Waals surface area contributed by atoms with Gasteiger partial charge in [0, 0.05) is 37.6 Å². The minimum Gasteiger partial charge on any atom is -0.455 e. The predicted molar refractivity (Wildman–Crippen MR) is 90.3 cm³/mol. The van der Waals surface area contributed by atoms with Crippen LogP contribution in [0.25, 0.3) is 0 Å². The normalized spacial score (nSPS) is 19.2. The summed E-state index contributed by atoms with van der Waals surface area (Å²) in [5.74, 6) is 0.984. The highest BCUT2D eigenvalue weighted by molar-refractivity contribution is 6.03. The van der Waals surface area contributed by atoms with Gasteiger partial charge < -0.3 is 14.4 Å². The lowest BCUT2D eigenvalue weighted by molar-refractivity contribution is 0.0698. The van der Waals surface area contributed by atoms with Gasteiger partial charge in [0.2, 0.25) is 0 Å². The maximum absolute atomic E-state index is 13.0. The van der Waals surface area contributed by atoms with Crippen molar-refractivity contribution in [3.05, 3.63) is 22.6 Å². The van der Waals surface area contributed by atoms with Crippen molar-refractivity contribution in [2.75, 3.05) is 13.2 Å². The van der Waals surface area contributed by atoms with Gasteiger partial charge in [0.15, 0.2) is 11.5 Å². The number of fused-ring (bicyclic) bond motifs is 1. The lowest BCUT2D eigenvalue weighted by Gasteiger charge is -2.27. The molecule has 3 rings (SSSR count). The van der Waals surface area contributed by atoms with E-state index in [2.05, 4.69) is 13.8 Å². The fourth-order valence-corrected chi connectivity index (χ4v) is 3.65. The number of Topliss-reactive ketones (excluding diaryl/α,β-unsaturated/α-hetero) is 1. The van der Waals surface area contributed by atoms with E-state index in [-0.39, 0.29) is 29.8 Å². The van der Waals surface area contributed by atoms with Crippen molar-refractivity contribution in [1.29, 1.82) is 0 Å². The Labute approximate surface area is 143 Å². The molecule has 1 aromatic heterocycles. The van der Waals surface area contributed by atoms with Gasteiger partial charge in [0.05, 0.1) is 5.56 Å². The number of carbonyl (C=O) groups is 2. The second-order valence-corrected chi connectivity index (χ2v) is 7.96. The number of ketones is 1. The number of unbranched alkanes of at least 4 members (excludes halogenated alkanes) is 1. The molecule has 0 radical (unpaired) electrons. The summed E-state index contributed by atoms with van der Waals surface area (Å²) < 4.78 is 5.91. The number of furan rings is 1. The molecule has 0 bridgehead atoms. The summed E-state index contributed by atoms with van der Waals surface area (Å²) in [5.41, 5.74) is 1.21. The molecule has 24 heavy (non-hydrogen) atoms. The van der Waals surface area contributed by atoms with Gasteiger partial charge in [0.25, 0.3) is 5.91 Å². The molecule has 2 aliphatic carbocycles. The zero-order valence-corrected chi connectivity index (χ0v) is 14.9. The molecular formula is C19H27NO4. The van der Waals surface area contributed by atoms with Crippen molar-refractivity contribution in [2.24, 2.45) is 5.41 Å². The van der Waals surface area contributed by atoms with E-state index in [9.17, 15) is 9.59 Å². The number of aliphatic hydroxyl groups is 1. The maximum Gasteiger partial charge on any atom is 0.290 e. The van der Waals surface area contributed by atoms with Crippen molar-refractivity contribution in [2.45, 2.75) is 65.3 Å². The standard InChI is InChI=1S/C19H27NO4/c1-12-16-14(22)10-19(2,3)11-15(16)24-17(12)18(23)20(13-6-7-13)8-4-5-9-21/h13,21H,4-11H2,1-3H3. The molecule has 1 fully saturated rings. The van der Waals surface area contributed by atoms with Crippen LogP contribution in [0.5, 0.6) is 0 Å². The molecule has 0 unspecified atom stereocenters. The molecule has 0 spiro atoms. The van der Waals surface area contributed by atoms with Crippen LogP contribution >= 0.6 is 0 Å². The Morgan fingerprint density at radius 3 is 2.62 bits per heavy atom.